The van der Waals surface area contributed by atoms with E-state index in [4.69, 9.17) is 9.47 Å². The second-order valence-electron chi connectivity index (χ2n) is 11.1. The van der Waals surface area contributed by atoms with E-state index in [0.29, 0.717) is 30.7 Å². The number of aromatic hydroxyl groups is 1. The zero-order chi connectivity index (χ0) is 22.9. The molecule has 1 N–H and O–H groups in total. The van der Waals surface area contributed by atoms with Crippen molar-refractivity contribution in [1.29, 1.82) is 0 Å². The summed E-state index contributed by atoms with van der Waals surface area (Å²) in [5.74, 6) is 2.96. The van der Waals surface area contributed by atoms with Crippen LogP contribution in [0.1, 0.15) is 55.2 Å². The molecule has 35 heavy (non-hydrogen) atoms. The number of ether oxygens (including phenoxy) is 2. The minimum atomic E-state index is -0.440. The van der Waals surface area contributed by atoms with Crippen LogP contribution in [0.25, 0.3) is 0 Å². The van der Waals surface area contributed by atoms with E-state index in [9.17, 15) is 9.90 Å². The molecular weight excluding hydrogens is 462 g/mol. The zero-order valence-corrected chi connectivity index (χ0v) is 20.9. The lowest BCUT2D eigenvalue weighted by Gasteiger charge is -2.57. The summed E-state index contributed by atoms with van der Waals surface area (Å²) < 4.78 is 12.7. The number of halogens is 1. The van der Waals surface area contributed by atoms with E-state index in [-0.39, 0.29) is 29.4 Å². The summed E-state index contributed by atoms with van der Waals surface area (Å²) >= 11 is 0. The average Bonchev–Trinajstić information content (AvgIpc) is 3.59. The van der Waals surface area contributed by atoms with Crippen molar-refractivity contribution in [3.63, 3.8) is 0 Å². The third-order valence-corrected chi connectivity index (χ3v) is 9.21. The third kappa shape index (κ3) is 3.57. The van der Waals surface area contributed by atoms with Crippen LogP contribution in [0.15, 0.2) is 36.4 Å². The number of aryl methyl sites for hydroxylation is 1. The molecule has 0 radical (unpaired) electrons. The Labute approximate surface area is 213 Å². The summed E-state index contributed by atoms with van der Waals surface area (Å²) in [4.78, 5) is 15.8. The summed E-state index contributed by atoms with van der Waals surface area (Å²) in [5, 5.41) is 11.0. The summed E-state index contributed by atoms with van der Waals surface area (Å²) in [6.07, 6.45) is 7.56. The molecule has 0 aromatic heterocycles. The van der Waals surface area contributed by atoms with Crippen molar-refractivity contribution in [2.24, 2.45) is 11.8 Å². The molecule has 2 bridgehead atoms. The van der Waals surface area contributed by atoms with Gasteiger partial charge in [-0.25, -0.2) is 0 Å². The van der Waals surface area contributed by atoms with Crippen molar-refractivity contribution in [3.05, 3.63) is 53.1 Å². The Morgan fingerprint density at radius 3 is 2.80 bits per heavy atom. The van der Waals surface area contributed by atoms with Crippen LogP contribution in [0, 0.1) is 11.8 Å². The van der Waals surface area contributed by atoms with Gasteiger partial charge in [-0.1, -0.05) is 30.3 Å². The predicted molar refractivity (Wildman–Crippen MR) is 136 cm³/mol. The zero-order valence-electron chi connectivity index (χ0n) is 20.1. The van der Waals surface area contributed by atoms with Gasteiger partial charge in [-0.15, -0.1) is 12.4 Å². The van der Waals surface area contributed by atoms with Crippen molar-refractivity contribution < 1.29 is 19.4 Å². The standard InChI is InChI=1S/C29H33NO4.ClH/c31-23-11-10-21-22-15-20-25(33-14-4-7-18-5-2-1-3-6-18)16-24(32)27-26(20)29(21,28(23)34-27)12-13-30(22)17-19-8-9-19;/h1-3,5-6,16,19,21-22,28,32H,4,7-15,17H2;1H/t21-,22+,28-,29-;/m0./s1. The molecule has 186 valence electrons. The number of rotatable bonds is 7. The Kier molecular flexibility index (Phi) is 5.76. The molecule has 2 saturated carbocycles. The van der Waals surface area contributed by atoms with E-state index < -0.39 is 6.10 Å². The van der Waals surface area contributed by atoms with Crippen LogP contribution in [-0.4, -0.2) is 47.6 Å². The first-order valence-corrected chi connectivity index (χ1v) is 13.1. The van der Waals surface area contributed by atoms with Crippen LogP contribution in [0.4, 0.5) is 0 Å². The van der Waals surface area contributed by atoms with E-state index in [1.54, 1.807) is 6.07 Å². The number of piperidine rings is 1. The molecule has 1 saturated heterocycles. The Morgan fingerprint density at radius 2 is 2.00 bits per heavy atom. The molecule has 2 aromatic rings. The fraction of sp³-hybridized carbons (Fsp3) is 0.552. The number of hydrogen-bond acceptors (Lipinski definition) is 5. The highest BCUT2D eigenvalue weighted by atomic mass is 35.5. The molecule has 0 unspecified atom stereocenters. The van der Waals surface area contributed by atoms with Crippen molar-refractivity contribution in [2.45, 2.75) is 68.9 Å². The highest BCUT2D eigenvalue weighted by molar-refractivity contribution is 5.89. The largest absolute Gasteiger partial charge is 0.504 e. The Hall–Kier alpha value is -2.24. The van der Waals surface area contributed by atoms with Gasteiger partial charge in [-0.2, -0.15) is 0 Å². The quantitative estimate of drug-likeness (QED) is 0.557. The molecule has 6 heteroatoms. The number of ketones is 1. The predicted octanol–water partition coefficient (Wildman–Crippen LogP) is 4.84. The number of hydrogen-bond donors (Lipinski definition) is 1. The van der Waals surface area contributed by atoms with Crippen LogP contribution >= 0.6 is 12.4 Å². The molecule has 0 amide bonds. The summed E-state index contributed by atoms with van der Waals surface area (Å²) in [6.45, 7) is 2.81. The fourth-order valence-corrected chi connectivity index (χ4v) is 7.55. The van der Waals surface area contributed by atoms with Gasteiger partial charge in [-0.3, -0.25) is 9.69 Å². The lowest BCUT2D eigenvalue weighted by molar-refractivity contribution is -0.138. The van der Waals surface area contributed by atoms with Crippen LogP contribution in [0.3, 0.4) is 0 Å². The first-order chi connectivity index (χ1) is 16.6. The number of nitrogens with zero attached hydrogens (tertiary/aromatic N) is 1. The lowest BCUT2D eigenvalue weighted by Crippen LogP contribution is -2.66. The number of carbonyl (C=O) groups excluding carboxylic acids is 1. The highest BCUT2D eigenvalue weighted by Gasteiger charge is 2.66. The summed E-state index contributed by atoms with van der Waals surface area (Å²) in [5.41, 5.74) is 3.32. The van der Waals surface area contributed by atoms with Crippen LogP contribution in [0.5, 0.6) is 17.2 Å². The minimum Gasteiger partial charge on any atom is -0.504 e. The lowest BCUT2D eigenvalue weighted by atomic mass is 9.51. The summed E-state index contributed by atoms with van der Waals surface area (Å²) in [7, 11) is 0. The smallest absolute Gasteiger partial charge is 0.174 e. The first-order valence-electron chi connectivity index (χ1n) is 13.1. The molecule has 2 aliphatic heterocycles. The maximum Gasteiger partial charge on any atom is 0.174 e. The Morgan fingerprint density at radius 1 is 1.17 bits per heavy atom. The van der Waals surface area contributed by atoms with Gasteiger partial charge in [0.15, 0.2) is 23.4 Å². The minimum absolute atomic E-state index is 0. The van der Waals surface area contributed by atoms with Crippen molar-refractivity contribution in [3.8, 4) is 17.2 Å². The maximum atomic E-state index is 13.1. The Bertz CT molecular complexity index is 1130. The molecule has 7 rings (SSSR count). The van der Waals surface area contributed by atoms with E-state index in [0.717, 1.165) is 55.9 Å². The number of Topliss-reactive ketones (excluding diaryl/α,β-unsaturated/α-hetero) is 1. The average molecular weight is 496 g/mol. The normalized spacial score (nSPS) is 30.3. The van der Waals surface area contributed by atoms with Gasteiger partial charge in [0, 0.05) is 41.6 Å². The number of phenols is 1. The van der Waals surface area contributed by atoms with Crippen molar-refractivity contribution in [1.82, 2.24) is 4.90 Å². The molecule has 2 aromatic carbocycles. The number of likely N-dealkylation sites (tertiary alicyclic amines) is 1. The third-order valence-electron chi connectivity index (χ3n) is 9.21. The molecule has 4 atom stereocenters. The molecule has 3 fully saturated rings. The summed E-state index contributed by atoms with van der Waals surface area (Å²) in [6, 6.07) is 12.7. The van der Waals surface area contributed by atoms with E-state index in [1.165, 1.54) is 30.5 Å². The number of carbonyl (C=O) groups is 1. The topological polar surface area (TPSA) is 59.0 Å². The SMILES string of the molecule is Cl.O=C1CC[C@H]2[C@H]3Cc4c(OCCCc5ccccc5)cc(O)c5c4[C@@]2(CCN3CC2CC2)[C@H]1O5. The molecule has 3 aliphatic carbocycles. The fourth-order valence-electron chi connectivity index (χ4n) is 7.55. The van der Waals surface area contributed by atoms with E-state index >= 15 is 0 Å². The van der Waals surface area contributed by atoms with Gasteiger partial charge in [-0.05, 0) is 68.9 Å². The van der Waals surface area contributed by atoms with Gasteiger partial charge in [0.25, 0.3) is 0 Å². The highest BCUT2D eigenvalue weighted by Crippen LogP contribution is 2.64. The number of phenolic OH excluding ortho intramolecular Hbond substituents is 1. The van der Waals surface area contributed by atoms with Crippen molar-refractivity contribution >= 4 is 18.2 Å². The monoisotopic (exact) mass is 495 g/mol. The van der Waals surface area contributed by atoms with Gasteiger partial charge in [0.05, 0.1) is 6.61 Å². The second-order valence-corrected chi connectivity index (χ2v) is 11.1. The van der Waals surface area contributed by atoms with Gasteiger partial charge in [0.1, 0.15) is 5.75 Å². The molecule has 5 aliphatic rings. The van der Waals surface area contributed by atoms with Crippen LogP contribution < -0.4 is 9.47 Å². The molecule has 2 heterocycles. The number of benzene rings is 2. The van der Waals surface area contributed by atoms with Gasteiger partial charge >= 0.3 is 0 Å². The second kappa shape index (κ2) is 8.70. The molecule has 1 spiro atoms. The van der Waals surface area contributed by atoms with Gasteiger partial charge < -0.3 is 14.6 Å². The maximum absolute atomic E-state index is 13.1. The first kappa shape index (κ1) is 23.2. The van der Waals surface area contributed by atoms with E-state index in [1.807, 2.05) is 6.07 Å². The van der Waals surface area contributed by atoms with Gasteiger partial charge in [0.2, 0.25) is 0 Å². The molecular formula is C29H34ClNO4. The van der Waals surface area contributed by atoms with E-state index in [2.05, 4.69) is 29.2 Å². The van der Waals surface area contributed by atoms with Crippen molar-refractivity contribution in [2.75, 3.05) is 19.7 Å². The Balaban J connectivity index is 0.00000229. The van der Waals surface area contributed by atoms with Crippen LogP contribution in [-0.2, 0) is 23.1 Å². The molecule has 5 nitrogen and oxygen atoms in total. The van der Waals surface area contributed by atoms with Crippen LogP contribution in [0.2, 0.25) is 0 Å².